The van der Waals surface area contributed by atoms with Crippen LogP contribution < -0.4 is 0 Å². The Bertz CT molecular complexity index is 547. The van der Waals surface area contributed by atoms with Crippen LogP contribution in [-0.2, 0) is 6.42 Å². The molecule has 0 unspecified atom stereocenters. The molecule has 0 saturated heterocycles. The average molecular weight is 226 g/mol. The lowest BCUT2D eigenvalue weighted by Gasteiger charge is -2.20. The van der Waals surface area contributed by atoms with Crippen molar-refractivity contribution < 1.29 is 0 Å². The van der Waals surface area contributed by atoms with E-state index in [0.29, 0.717) is 5.92 Å². The summed E-state index contributed by atoms with van der Waals surface area (Å²) in [7, 11) is 0. The van der Waals surface area contributed by atoms with E-state index in [4.69, 9.17) is 0 Å². The minimum Gasteiger partial charge on any atom is -0.0616 e. The zero-order valence-electron chi connectivity index (χ0n) is 11.6. The number of hydrogen-bond acceptors (Lipinski definition) is 0. The summed E-state index contributed by atoms with van der Waals surface area (Å²) in [6, 6.07) is 8.83. The second-order valence-electron chi connectivity index (χ2n) is 5.20. The fourth-order valence-corrected chi connectivity index (χ4v) is 2.95. The summed E-state index contributed by atoms with van der Waals surface area (Å²) < 4.78 is 0. The molecule has 0 saturated carbocycles. The van der Waals surface area contributed by atoms with Crippen LogP contribution in [0.5, 0.6) is 0 Å². The molecule has 17 heavy (non-hydrogen) atoms. The van der Waals surface area contributed by atoms with E-state index in [2.05, 4.69) is 58.9 Å². The predicted molar refractivity (Wildman–Crippen MR) is 76.9 cm³/mol. The van der Waals surface area contributed by atoms with Gasteiger partial charge in [0.2, 0.25) is 0 Å². The maximum Gasteiger partial charge on any atom is -0.0144 e. The topological polar surface area (TPSA) is 0 Å². The number of rotatable bonds is 2. The van der Waals surface area contributed by atoms with Crippen molar-refractivity contribution in [1.29, 1.82) is 0 Å². The summed E-state index contributed by atoms with van der Waals surface area (Å²) in [6.45, 7) is 11.4. The van der Waals surface area contributed by atoms with Gasteiger partial charge in [-0.25, -0.2) is 0 Å². The van der Waals surface area contributed by atoms with Crippen molar-refractivity contribution in [3.05, 3.63) is 46.5 Å². The van der Waals surface area contributed by atoms with Crippen molar-refractivity contribution in [2.24, 2.45) is 0 Å². The molecule has 0 fully saturated rings. The summed E-state index contributed by atoms with van der Waals surface area (Å²) in [5.41, 5.74) is 6.03. The van der Waals surface area contributed by atoms with Crippen LogP contribution >= 0.6 is 0 Å². The summed E-state index contributed by atoms with van der Waals surface area (Å²) in [4.78, 5) is 0. The van der Waals surface area contributed by atoms with Crippen molar-refractivity contribution in [1.82, 2.24) is 0 Å². The van der Waals surface area contributed by atoms with Gasteiger partial charge in [-0.1, -0.05) is 45.0 Å². The molecule has 2 aromatic rings. The van der Waals surface area contributed by atoms with E-state index in [-0.39, 0.29) is 0 Å². The van der Waals surface area contributed by atoms with Gasteiger partial charge >= 0.3 is 0 Å². The van der Waals surface area contributed by atoms with Gasteiger partial charge in [0.25, 0.3) is 0 Å². The minimum absolute atomic E-state index is 0.592. The maximum absolute atomic E-state index is 2.30. The highest BCUT2D eigenvalue weighted by Crippen LogP contribution is 2.34. The van der Waals surface area contributed by atoms with E-state index in [1.54, 1.807) is 11.1 Å². The van der Waals surface area contributed by atoms with E-state index >= 15 is 0 Å². The molecule has 0 nitrogen and oxygen atoms in total. The van der Waals surface area contributed by atoms with Crippen LogP contribution in [-0.4, -0.2) is 0 Å². The van der Waals surface area contributed by atoms with Crippen LogP contribution in [0.25, 0.3) is 10.8 Å². The average Bonchev–Trinajstić information content (AvgIpc) is 2.33. The summed E-state index contributed by atoms with van der Waals surface area (Å²) in [6.07, 6.45) is 1.13. The Hall–Kier alpha value is -1.30. The number of fused-ring (bicyclic) bond motifs is 1. The molecule has 0 aliphatic rings. The third-order valence-electron chi connectivity index (χ3n) is 3.89. The molecule has 0 spiro atoms. The van der Waals surface area contributed by atoms with Crippen molar-refractivity contribution in [2.45, 2.75) is 47.0 Å². The molecule has 0 bridgehead atoms. The molecule has 0 heteroatoms. The molecule has 2 aromatic carbocycles. The number of hydrogen-bond donors (Lipinski definition) is 0. The van der Waals surface area contributed by atoms with Crippen molar-refractivity contribution in [3.8, 4) is 0 Å². The third-order valence-corrected chi connectivity index (χ3v) is 3.89. The Balaban J connectivity index is 2.96. The molecular weight excluding hydrogens is 204 g/mol. The Kier molecular flexibility index (Phi) is 3.24. The summed E-state index contributed by atoms with van der Waals surface area (Å²) >= 11 is 0. The normalized spacial score (nSPS) is 11.4. The fourth-order valence-electron chi connectivity index (χ4n) is 2.95. The Morgan fingerprint density at radius 3 is 2.06 bits per heavy atom. The van der Waals surface area contributed by atoms with Crippen LogP contribution in [0.1, 0.15) is 48.9 Å². The first-order valence-electron chi connectivity index (χ1n) is 6.58. The fraction of sp³-hybridized carbons (Fsp3) is 0.412. The van der Waals surface area contributed by atoms with Crippen molar-refractivity contribution in [3.63, 3.8) is 0 Å². The van der Waals surface area contributed by atoms with Gasteiger partial charge in [-0.05, 0) is 59.2 Å². The minimum atomic E-state index is 0.592. The molecule has 90 valence electrons. The molecule has 0 atom stereocenters. The Morgan fingerprint density at radius 1 is 0.941 bits per heavy atom. The number of benzene rings is 2. The van der Waals surface area contributed by atoms with Crippen LogP contribution in [0.15, 0.2) is 24.3 Å². The largest absolute Gasteiger partial charge is 0.0616 e. The first kappa shape index (κ1) is 12.2. The van der Waals surface area contributed by atoms with Gasteiger partial charge in [-0.2, -0.15) is 0 Å². The Morgan fingerprint density at radius 2 is 1.53 bits per heavy atom. The van der Waals surface area contributed by atoms with E-state index in [0.717, 1.165) is 6.42 Å². The molecule has 2 rings (SSSR count). The second kappa shape index (κ2) is 4.52. The second-order valence-corrected chi connectivity index (χ2v) is 5.20. The molecule has 0 amide bonds. The lowest BCUT2D eigenvalue weighted by molar-refractivity contribution is 0.849. The van der Waals surface area contributed by atoms with E-state index < -0.39 is 0 Å². The smallest absolute Gasteiger partial charge is 0.0144 e. The van der Waals surface area contributed by atoms with Crippen LogP contribution in [0, 0.1) is 13.8 Å². The third kappa shape index (κ3) is 1.86. The highest BCUT2D eigenvalue weighted by molar-refractivity contribution is 5.91. The van der Waals surface area contributed by atoms with E-state index in [9.17, 15) is 0 Å². The van der Waals surface area contributed by atoms with Gasteiger partial charge in [0, 0.05) is 0 Å². The molecule has 0 radical (unpaired) electrons. The van der Waals surface area contributed by atoms with Crippen LogP contribution in [0.3, 0.4) is 0 Å². The quantitative estimate of drug-likeness (QED) is 0.665. The van der Waals surface area contributed by atoms with Crippen molar-refractivity contribution in [2.75, 3.05) is 0 Å². The molecule has 0 aliphatic heterocycles. The Labute approximate surface area is 105 Å². The standard InChI is InChI=1S/C17H22/c1-6-14-12(4)13(5)15-9-7-8-10-16(15)17(14)11(2)3/h7-11H,6H2,1-5H3. The van der Waals surface area contributed by atoms with Crippen LogP contribution in [0.2, 0.25) is 0 Å². The SMILES string of the molecule is CCc1c(C)c(C)c2ccccc2c1C(C)C. The maximum atomic E-state index is 2.30. The van der Waals surface area contributed by atoms with Gasteiger partial charge < -0.3 is 0 Å². The monoisotopic (exact) mass is 226 g/mol. The lowest BCUT2D eigenvalue weighted by Crippen LogP contribution is -2.02. The zero-order chi connectivity index (χ0) is 12.6. The van der Waals surface area contributed by atoms with Gasteiger partial charge in [-0.15, -0.1) is 0 Å². The van der Waals surface area contributed by atoms with Gasteiger partial charge in [0.05, 0.1) is 0 Å². The summed E-state index contributed by atoms with van der Waals surface area (Å²) in [5.74, 6) is 0.592. The molecule has 0 aromatic heterocycles. The van der Waals surface area contributed by atoms with Crippen molar-refractivity contribution >= 4 is 10.8 Å². The van der Waals surface area contributed by atoms with Gasteiger partial charge in [0.1, 0.15) is 0 Å². The molecule has 0 heterocycles. The number of aryl methyl sites for hydroxylation is 1. The first-order chi connectivity index (χ1) is 8.07. The lowest BCUT2D eigenvalue weighted by atomic mass is 9.84. The zero-order valence-corrected chi connectivity index (χ0v) is 11.6. The van der Waals surface area contributed by atoms with E-state index in [1.165, 1.54) is 21.9 Å². The highest BCUT2D eigenvalue weighted by Gasteiger charge is 2.15. The van der Waals surface area contributed by atoms with E-state index in [1.807, 2.05) is 0 Å². The molecule has 0 N–H and O–H groups in total. The molecular formula is C17H22. The van der Waals surface area contributed by atoms with Gasteiger partial charge in [-0.3, -0.25) is 0 Å². The first-order valence-corrected chi connectivity index (χ1v) is 6.58. The summed E-state index contributed by atoms with van der Waals surface area (Å²) in [5, 5.41) is 2.87. The molecule has 0 aliphatic carbocycles. The van der Waals surface area contributed by atoms with Gasteiger partial charge in [0.15, 0.2) is 0 Å². The van der Waals surface area contributed by atoms with Crippen LogP contribution in [0.4, 0.5) is 0 Å². The highest BCUT2D eigenvalue weighted by atomic mass is 14.2. The predicted octanol–water partition coefficient (Wildman–Crippen LogP) is 5.14.